The van der Waals surface area contributed by atoms with Crippen LogP contribution in [0.25, 0.3) is 0 Å². The number of halogens is 1. The molecule has 1 aromatic rings. The van der Waals surface area contributed by atoms with Crippen LogP contribution in [-0.4, -0.2) is 37.0 Å². The summed E-state index contributed by atoms with van der Waals surface area (Å²) in [5.74, 6) is 0.295. The van der Waals surface area contributed by atoms with Crippen LogP contribution in [0.4, 0.5) is 0 Å². The second kappa shape index (κ2) is 8.28. The molecule has 0 unspecified atom stereocenters. The van der Waals surface area contributed by atoms with Crippen LogP contribution in [0, 0.1) is 13.8 Å². The third-order valence-electron chi connectivity index (χ3n) is 3.80. The largest absolute Gasteiger partial charge is 0.341 e. The molecule has 0 bridgehead atoms. The number of nitrogens with zero attached hydrogens (tertiary/aromatic N) is 1. The maximum Gasteiger partial charge on any atom is 0.222 e. The topological polar surface area (TPSA) is 32.3 Å². The molecule has 0 saturated carbocycles. The van der Waals surface area contributed by atoms with Crippen molar-refractivity contribution in [2.24, 2.45) is 0 Å². The molecule has 1 aliphatic heterocycles. The number of carbonyl (C=O) groups is 1. The van der Waals surface area contributed by atoms with E-state index in [0.29, 0.717) is 12.3 Å². The van der Waals surface area contributed by atoms with E-state index in [1.54, 1.807) is 0 Å². The maximum atomic E-state index is 12.2. The zero-order valence-electron chi connectivity index (χ0n) is 12.4. The van der Waals surface area contributed by atoms with Crippen molar-refractivity contribution in [2.75, 3.05) is 26.2 Å². The number of hydrogen-bond acceptors (Lipinski definition) is 2. The van der Waals surface area contributed by atoms with E-state index < -0.39 is 0 Å². The molecule has 1 amide bonds. The summed E-state index contributed by atoms with van der Waals surface area (Å²) in [5.41, 5.74) is 3.88. The zero-order chi connectivity index (χ0) is 13.7. The maximum absolute atomic E-state index is 12.2. The van der Waals surface area contributed by atoms with Crippen LogP contribution < -0.4 is 5.32 Å². The number of benzene rings is 1. The molecular weight excluding hydrogens is 272 g/mol. The highest BCUT2D eigenvalue weighted by atomic mass is 35.5. The van der Waals surface area contributed by atoms with E-state index in [0.717, 1.165) is 39.0 Å². The minimum Gasteiger partial charge on any atom is -0.341 e. The Balaban J connectivity index is 0.00000200. The smallest absolute Gasteiger partial charge is 0.222 e. The molecule has 0 aliphatic carbocycles. The molecule has 0 aromatic heterocycles. The lowest BCUT2D eigenvalue weighted by Crippen LogP contribution is -2.34. The molecule has 1 aromatic carbocycles. The van der Waals surface area contributed by atoms with Crippen molar-refractivity contribution < 1.29 is 4.79 Å². The quantitative estimate of drug-likeness (QED) is 0.929. The van der Waals surface area contributed by atoms with Crippen molar-refractivity contribution in [3.63, 3.8) is 0 Å². The minimum absolute atomic E-state index is 0. The Morgan fingerprint density at radius 2 is 2.05 bits per heavy atom. The predicted octanol–water partition coefficient (Wildman–Crippen LogP) is 2.48. The average Bonchev–Trinajstić information content (AvgIpc) is 2.66. The standard InChI is InChI=1S/C16H24N2O.ClH/c1-13-4-5-15(14(2)12-13)6-7-16(19)18-10-3-8-17-9-11-18;/h4-5,12,17H,3,6-11H2,1-2H3;1H. The number of carbonyl (C=O) groups excluding carboxylic acids is 1. The van der Waals surface area contributed by atoms with Gasteiger partial charge in [-0.1, -0.05) is 23.8 Å². The molecule has 1 aliphatic rings. The highest BCUT2D eigenvalue weighted by molar-refractivity contribution is 5.85. The monoisotopic (exact) mass is 296 g/mol. The molecule has 0 spiro atoms. The molecular formula is C16H25ClN2O. The second-order valence-electron chi connectivity index (χ2n) is 5.41. The summed E-state index contributed by atoms with van der Waals surface area (Å²) in [6, 6.07) is 6.47. The lowest BCUT2D eigenvalue weighted by atomic mass is 10.0. The van der Waals surface area contributed by atoms with E-state index in [2.05, 4.69) is 37.4 Å². The molecule has 1 saturated heterocycles. The second-order valence-corrected chi connectivity index (χ2v) is 5.41. The van der Waals surface area contributed by atoms with Gasteiger partial charge in [0.25, 0.3) is 0 Å². The van der Waals surface area contributed by atoms with Gasteiger partial charge in [-0.2, -0.15) is 0 Å². The fraction of sp³-hybridized carbons (Fsp3) is 0.562. The SMILES string of the molecule is Cc1ccc(CCC(=O)N2CCCNCC2)c(C)c1.Cl. The van der Waals surface area contributed by atoms with Gasteiger partial charge < -0.3 is 10.2 Å². The van der Waals surface area contributed by atoms with Gasteiger partial charge in [-0.05, 0) is 44.4 Å². The summed E-state index contributed by atoms with van der Waals surface area (Å²) in [6.07, 6.45) is 2.55. The molecule has 1 N–H and O–H groups in total. The van der Waals surface area contributed by atoms with E-state index in [9.17, 15) is 4.79 Å². The number of nitrogens with one attached hydrogen (secondary N) is 1. The number of rotatable bonds is 3. The zero-order valence-corrected chi connectivity index (χ0v) is 13.3. The van der Waals surface area contributed by atoms with Crippen molar-refractivity contribution >= 4 is 18.3 Å². The summed E-state index contributed by atoms with van der Waals surface area (Å²) >= 11 is 0. The summed E-state index contributed by atoms with van der Waals surface area (Å²) in [7, 11) is 0. The Morgan fingerprint density at radius 3 is 2.80 bits per heavy atom. The van der Waals surface area contributed by atoms with Crippen LogP contribution in [-0.2, 0) is 11.2 Å². The third-order valence-corrected chi connectivity index (χ3v) is 3.80. The van der Waals surface area contributed by atoms with E-state index in [1.807, 2.05) is 4.90 Å². The summed E-state index contributed by atoms with van der Waals surface area (Å²) in [4.78, 5) is 14.2. The Kier molecular flexibility index (Phi) is 7.03. The Hall–Kier alpha value is -1.06. The van der Waals surface area contributed by atoms with Gasteiger partial charge in [-0.25, -0.2) is 0 Å². The Labute approximate surface area is 128 Å². The first-order valence-corrected chi connectivity index (χ1v) is 7.21. The van der Waals surface area contributed by atoms with Crippen molar-refractivity contribution in [1.82, 2.24) is 10.2 Å². The van der Waals surface area contributed by atoms with E-state index in [4.69, 9.17) is 0 Å². The van der Waals surface area contributed by atoms with E-state index >= 15 is 0 Å². The van der Waals surface area contributed by atoms with E-state index in [-0.39, 0.29) is 12.4 Å². The van der Waals surface area contributed by atoms with Crippen molar-refractivity contribution in [2.45, 2.75) is 33.1 Å². The van der Waals surface area contributed by atoms with Gasteiger partial charge in [0.1, 0.15) is 0 Å². The van der Waals surface area contributed by atoms with Crippen LogP contribution in [0.15, 0.2) is 18.2 Å². The van der Waals surface area contributed by atoms with Crippen LogP contribution in [0.5, 0.6) is 0 Å². The summed E-state index contributed by atoms with van der Waals surface area (Å²) < 4.78 is 0. The third kappa shape index (κ3) is 4.80. The molecule has 0 atom stereocenters. The first-order valence-electron chi connectivity index (χ1n) is 7.21. The lowest BCUT2D eigenvalue weighted by Gasteiger charge is -2.20. The molecule has 112 valence electrons. The van der Waals surface area contributed by atoms with E-state index in [1.165, 1.54) is 16.7 Å². The first kappa shape index (κ1) is 17.0. The highest BCUT2D eigenvalue weighted by Gasteiger charge is 2.15. The summed E-state index contributed by atoms with van der Waals surface area (Å²) in [6.45, 7) is 7.94. The highest BCUT2D eigenvalue weighted by Crippen LogP contribution is 2.13. The lowest BCUT2D eigenvalue weighted by molar-refractivity contribution is -0.130. The number of aryl methyl sites for hydroxylation is 3. The molecule has 1 heterocycles. The number of hydrogen-bond donors (Lipinski definition) is 1. The van der Waals surface area contributed by atoms with Crippen molar-refractivity contribution in [3.05, 3.63) is 34.9 Å². The van der Waals surface area contributed by atoms with Gasteiger partial charge in [0, 0.05) is 26.1 Å². The van der Waals surface area contributed by atoms with Gasteiger partial charge in [-0.3, -0.25) is 4.79 Å². The number of amides is 1. The Morgan fingerprint density at radius 1 is 1.25 bits per heavy atom. The normalized spacial score (nSPS) is 15.4. The van der Waals surface area contributed by atoms with Gasteiger partial charge >= 0.3 is 0 Å². The minimum atomic E-state index is 0. The predicted molar refractivity (Wildman–Crippen MR) is 85.6 cm³/mol. The molecule has 2 rings (SSSR count). The summed E-state index contributed by atoms with van der Waals surface area (Å²) in [5, 5.41) is 3.33. The molecule has 1 fully saturated rings. The fourth-order valence-corrected chi connectivity index (χ4v) is 2.62. The molecule has 20 heavy (non-hydrogen) atoms. The first-order chi connectivity index (χ1) is 9.16. The van der Waals surface area contributed by atoms with Crippen LogP contribution in [0.2, 0.25) is 0 Å². The van der Waals surface area contributed by atoms with Gasteiger partial charge in [0.15, 0.2) is 0 Å². The van der Waals surface area contributed by atoms with Crippen molar-refractivity contribution in [1.29, 1.82) is 0 Å². The van der Waals surface area contributed by atoms with Crippen LogP contribution in [0.1, 0.15) is 29.5 Å². The molecule has 3 nitrogen and oxygen atoms in total. The molecule has 4 heteroatoms. The van der Waals surface area contributed by atoms with Gasteiger partial charge in [-0.15, -0.1) is 12.4 Å². The van der Waals surface area contributed by atoms with Crippen LogP contribution in [0.3, 0.4) is 0 Å². The Bertz CT molecular complexity index is 440. The average molecular weight is 297 g/mol. The van der Waals surface area contributed by atoms with Gasteiger partial charge in [0.2, 0.25) is 5.91 Å². The van der Waals surface area contributed by atoms with Gasteiger partial charge in [0.05, 0.1) is 0 Å². The molecule has 0 radical (unpaired) electrons. The van der Waals surface area contributed by atoms with Crippen LogP contribution >= 0.6 is 12.4 Å². The van der Waals surface area contributed by atoms with Crippen molar-refractivity contribution in [3.8, 4) is 0 Å². The fourth-order valence-electron chi connectivity index (χ4n) is 2.62.